The molecule has 1 aliphatic rings. The van der Waals surface area contributed by atoms with Crippen molar-refractivity contribution in [3.05, 3.63) is 59.7 Å². The maximum atomic E-state index is 6.21. The highest BCUT2D eigenvalue weighted by atomic mass is 32.2. The first-order valence-corrected chi connectivity index (χ1v) is 10.2. The summed E-state index contributed by atoms with van der Waals surface area (Å²) in [6.07, 6.45) is 0.0242. The lowest BCUT2D eigenvalue weighted by Gasteiger charge is -2.51. The third-order valence-corrected chi connectivity index (χ3v) is 6.65. The highest BCUT2D eigenvalue weighted by molar-refractivity contribution is 7.99. The fraction of sp³-hybridized carbons (Fsp3) is 0.478. The van der Waals surface area contributed by atoms with Crippen LogP contribution in [0.15, 0.2) is 58.3 Å². The van der Waals surface area contributed by atoms with Crippen LogP contribution in [0.1, 0.15) is 38.8 Å². The molecule has 0 N–H and O–H groups in total. The van der Waals surface area contributed by atoms with E-state index in [9.17, 15) is 0 Å². The van der Waals surface area contributed by atoms with Gasteiger partial charge in [0.25, 0.3) is 0 Å². The van der Waals surface area contributed by atoms with Crippen LogP contribution in [-0.4, -0.2) is 26.4 Å². The van der Waals surface area contributed by atoms with Gasteiger partial charge in [-0.25, -0.2) is 0 Å². The van der Waals surface area contributed by atoms with Crippen molar-refractivity contribution in [3.63, 3.8) is 0 Å². The molecule has 1 heterocycles. The monoisotopic (exact) mass is 370 g/mol. The average molecular weight is 371 g/mol. The Bertz CT molecular complexity index is 690. The summed E-state index contributed by atoms with van der Waals surface area (Å²) in [4.78, 5) is 2.60. The lowest BCUT2D eigenvalue weighted by atomic mass is 9.61. The van der Waals surface area contributed by atoms with Crippen molar-refractivity contribution in [2.75, 3.05) is 14.2 Å². The lowest BCUT2D eigenvalue weighted by Crippen LogP contribution is -2.56. The summed E-state index contributed by atoms with van der Waals surface area (Å²) in [5.41, 5.74) is 2.30. The maximum absolute atomic E-state index is 6.21. The molecule has 0 fully saturated rings. The SMILES string of the molecule is COC(C(C)C)C1(C(OC)C(C)C)c2ccccc2Sc2ccccc21. The van der Waals surface area contributed by atoms with Gasteiger partial charge in [-0.15, -0.1) is 0 Å². The zero-order chi connectivity index (χ0) is 18.9. The van der Waals surface area contributed by atoms with E-state index in [4.69, 9.17) is 9.47 Å². The standard InChI is InChI=1S/C23H30O2S/c1-15(2)21(24-5)23(22(25-6)16(3)4)17-11-7-9-13-19(17)26-20-14-10-8-12-18(20)23/h7-16,21-22H,1-6H3. The van der Waals surface area contributed by atoms with E-state index < -0.39 is 0 Å². The van der Waals surface area contributed by atoms with E-state index in [1.54, 1.807) is 0 Å². The molecule has 1 aliphatic heterocycles. The quantitative estimate of drug-likeness (QED) is 0.642. The topological polar surface area (TPSA) is 18.5 Å². The molecule has 3 heteroatoms. The predicted octanol–water partition coefficient (Wildman–Crippen LogP) is 5.78. The fourth-order valence-corrected chi connectivity index (χ4v) is 6.02. The Morgan fingerprint density at radius 3 is 1.42 bits per heavy atom. The van der Waals surface area contributed by atoms with E-state index in [0.717, 1.165) is 0 Å². The molecule has 0 aliphatic carbocycles. The van der Waals surface area contributed by atoms with E-state index >= 15 is 0 Å². The molecule has 0 radical (unpaired) electrons. The van der Waals surface area contributed by atoms with E-state index in [1.165, 1.54) is 20.9 Å². The molecular formula is C23H30O2S. The molecule has 0 saturated carbocycles. The summed E-state index contributed by atoms with van der Waals surface area (Å²) in [7, 11) is 3.68. The van der Waals surface area contributed by atoms with Gasteiger partial charge in [0.05, 0.1) is 17.6 Å². The van der Waals surface area contributed by atoms with Crippen molar-refractivity contribution in [3.8, 4) is 0 Å². The molecule has 0 saturated heterocycles. The van der Waals surface area contributed by atoms with E-state index in [2.05, 4.69) is 76.2 Å². The minimum Gasteiger partial charge on any atom is -0.380 e. The molecule has 0 spiro atoms. The van der Waals surface area contributed by atoms with Crippen LogP contribution in [0.3, 0.4) is 0 Å². The molecule has 2 nitrogen and oxygen atoms in total. The van der Waals surface area contributed by atoms with Crippen LogP contribution in [0.2, 0.25) is 0 Å². The van der Waals surface area contributed by atoms with Gasteiger partial charge < -0.3 is 9.47 Å². The number of fused-ring (bicyclic) bond motifs is 2. The zero-order valence-electron chi connectivity index (χ0n) is 16.7. The van der Waals surface area contributed by atoms with Crippen LogP contribution in [0, 0.1) is 11.8 Å². The Balaban J connectivity index is 2.43. The Morgan fingerprint density at radius 1 is 0.692 bits per heavy atom. The van der Waals surface area contributed by atoms with E-state index in [1.807, 2.05) is 26.0 Å². The Labute approximate surface area is 162 Å². The molecule has 2 aromatic carbocycles. The first-order chi connectivity index (χ1) is 12.5. The van der Waals surface area contributed by atoms with Crippen LogP contribution in [-0.2, 0) is 14.9 Å². The van der Waals surface area contributed by atoms with Gasteiger partial charge in [0.15, 0.2) is 0 Å². The zero-order valence-corrected chi connectivity index (χ0v) is 17.5. The van der Waals surface area contributed by atoms with E-state index in [-0.39, 0.29) is 17.6 Å². The number of hydrogen-bond donors (Lipinski definition) is 0. The third kappa shape index (κ3) is 2.90. The van der Waals surface area contributed by atoms with Crippen molar-refractivity contribution in [2.24, 2.45) is 11.8 Å². The molecule has 0 amide bonds. The van der Waals surface area contributed by atoms with Gasteiger partial charge in [0.2, 0.25) is 0 Å². The lowest BCUT2D eigenvalue weighted by molar-refractivity contribution is -0.0766. The van der Waals surface area contributed by atoms with Gasteiger partial charge in [0.1, 0.15) is 0 Å². The number of hydrogen-bond acceptors (Lipinski definition) is 3. The van der Waals surface area contributed by atoms with Crippen molar-refractivity contribution in [2.45, 2.75) is 55.1 Å². The van der Waals surface area contributed by atoms with Gasteiger partial charge in [-0.1, -0.05) is 75.9 Å². The molecule has 140 valence electrons. The molecular weight excluding hydrogens is 340 g/mol. The van der Waals surface area contributed by atoms with Gasteiger partial charge in [-0.2, -0.15) is 0 Å². The largest absolute Gasteiger partial charge is 0.380 e. The summed E-state index contributed by atoms with van der Waals surface area (Å²) < 4.78 is 12.4. The van der Waals surface area contributed by atoms with Crippen molar-refractivity contribution >= 4 is 11.8 Å². The number of ether oxygens (including phenoxy) is 2. The number of methoxy groups -OCH3 is 2. The third-order valence-electron chi connectivity index (χ3n) is 5.50. The van der Waals surface area contributed by atoms with E-state index in [0.29, 0.717) is 11.8 Å². The van der Waals surface area contributed by atoms with Crippen LogP contribution in [0.4, 0.5) is 0 Å². The van der Waals surface area contributed by atoms with Crippen molar-refractivity contribution in [1.29, 1.82) is 0 Å². The van der Waals surface area contributed by atoms with Gasteiger partial charge >= 0.3 is 0 Å². The Morgan fingerprint density at radius 2 is 1.08 bits per heavy atom. The minimum atomic E-state index is -0.343. The van der Waals surface area contributed by atoms with Crippen molar-refractivity contribution in [1.82, 2.24) is 0 Å². The smallest absolute Gasteiger partial charge is 0.0757 e. The van der Waals surface area contributed by atoms with Crippen LogP contribution in [0.5, 0.6) is 0 Å². The number of benzene rings is 2. The van der Waals surface area contributed by atoms with Crippen molar-refractivity contribution < 1.29 is 9.47 Å². The number of rotatable bonds is 6. The molecule has 2 unspecified atom stereocenters. The summed E-state index contributed by atoms with van der Waals surface area (Å²) in [5.74, 6) is 0.696. The second-order valence-electron chi connectivity index (χ2n) is 7.76. The summed E-state index contributed by atoms with van der Waals surface area (Å²) in [6, 6.07) is 17.5. The predicted molar refractivity (Wildman–Crippen MR) is 109 cm³/mol. The summed E-state index contributed by atoms with van der Waals surface area (Å²) in [5, 5.41) is 0. The normalized spacial score (nSPS) is 17.7. The summed E-state index contributed by atoms with van der Waals surface area (Å²) in [6.45, 7) is 8.98. The molecule has 0 aromatic heterocycles. The van der Waals surface area contributed by atoms with Gasteiger partial charge in [-0.3, -0.25) is 0 Å². The summed E-state index contributed by atoms with van der Waals surface area (Å²) >= 11 is 1.85. The Kier molecular flexibility index (Phi) is 5.81. The second kappa shape index (κ2) is 7.75. The highest BCUT2D eigenvalue weighted by Crippen LogP contribution is 2.55. The average Bonchev–Trinajstić information content (AvgIpc) is 2.62. The molecule has 3 rings (SSSR count). The van der Waals surface area contributed by atoms with Crippen LogP contribution >= 0.6 is 11.8 Å². The maximum Gasteiger partial charge on any atom is 0.0757 e. The highest BCUT2D eigenvalue weighted by Gasteiger charge is 2.54. The van der Waals surface area contributed by atoms with Gasteiger partial charge in [0, 0.05) is 24.0 Å². The first kappa shape index (κ1) is 19.5. The Hall–Kier alpha value is -1.29. The molecule has 0 bridgehead atoms. The van der Waals surface area contributed by atoms with Gasteiger partial charge in [-0.05, 0) is 35.1 Å². The molecule has 2 aromatic rings. The minimum absolute atomic E-state index is 0.0121. The van der Waals surface area contributed by atoms with Crippen LogP contribution < -0.4 is 0 Å². The first-order valence-electron chi connectivity index (χ1n) is 9.40. The fourth-order valence-electron chi connectivity index (χ4n) is 4.80. The second-order valence-corrected chi connectivity index (χ2v) is 8.85. The molecule has 26 heavy (non-hydrogen) atoms. The molecule has 2 atom stereocenters. The van der Waals surface area contributed by atoms with Crippen LogP contribution in [0.25, 0.3) is 0 Å².